The third-order valence-electron chi connectivity index (χ3n) is 9.67. The molecule has 2 aromatic rings. The van der Waals surface area contributed by atoms with Crippen LogP contribution in [0.4, 0.5) is 5.69 Å². The molecular formula is C38H52N2O3. The normalized spacial score (nSPS) is 25.1. The Balaban J connectivity index is 1.27. The lowest BCUT2D eigenvalue weighted by molar-refractivity contribution is 0.197. The van der Waals surface area contributed by atoms with Gasteiger partial charge in [-0.1, -0.05) is 36.4 Å². The summed E-state index contributed by atoms with van der Waals surface area (Å²) in [5.41, 5.74) is 4.85. The van der Waals surface area contributed by atoms with Crippen LogP contribution in [-0.2, 0) is 6.54 Å². The van der Waals surface area contributed by atoms with Crippen LogP contribution < -0.4 is 14.4 Å². The fourth-order valence-electron chi connectivity index (χ4n) is 7.19. The molecule has 2 heterocycles. The summed E-state index contributed by atoms with van der Waals surface area (Å²) in [6.07, 6.45) is 15.1. The number of fused-ring (bicyclic) bond motifs is 4. The summed E-state index contributed by atoms with van der Waals surface area (Å²) >= 11 is 0. The Bertz CT molecular complexity index is 1240. The van der Waals surface area contributed by atoms with Crippen LogP contribution in [0, 0.1) is 11.8 Å². The Hall–Kier alpha value is -3.18. The van der Waals surface area contributed by atoms with Crippen molar-refractivity contribution in [3.63, 3.8) is 0 Å². The van der Waals surface area contributed by atoms with Gasteiger partial charge >= 0.3 is 0 Å². The molecule has 1 N–H and O–H groups in total. The molecule has 3 fully saturated rings. The molecule has 2 aliphatic heterocycles. The molecule has 1 unspecified atom stereocenters. The SMILES string of the molecule is C=C1/C=C\C(O)=C/CCCC(c2ccc(OC)cc2N(Cc2ccc(OCCN3CC4CCC(CC4)C3)cc2)C(C)C)C1. The average Bonchev–Trinajstić information content (AvgIpc) is 3.33. The van der Waals surface area contributed by atoms with Crippen molar-refractivity contribution in [2.45, 2.75) is 83.7 Å². The Labute approximate surface area is 259 Å². The number of aliphatic hydroxyl groups is 1. The van der Waals surface area contributed by atoms with E-state index in [4.69, 9.17) is 9.47 Å². The van der Waals surface area contributed by atoms with Gasteiger partial charge in [0, 0.05) is 44.0 Å². The maximum absolute atomic E-state index is 10.1. The molecule has 0 radical (unpaired) electrons. The summed E-state index contributed by atoms with van der Waals surface area (Å²) in [7, 11) is 1.74. The molecule has 4 aliphatic rings. The van der Waals surface area contributed by atoms with Gasteiger partial charge in [0.05, 0.1) is 7.11 Å². The van der Waals surface area contributed by atoms with Crippen LogP contribution in [0.25, 0.3) is 0 Å². The fourth-order valence-corrected chi connectivity index (χ4v) is 7.19. The summed E-state index contributed by atoms with van der Waals surface area (Å²) in [6, 6.07) is 15.5. The minimum atomic E-state index is 0.299. The number of benzene rings is 2. The van der Waals surface area contributed by atoms with Gasteiger partial charge in [-0.15, -0.1) is 0 Å². The van der Waals surface area contributed by atoms with Crippen molar-refractivity contribution < 1.29 is 14.6 Å². The standard InChI is InChI=1S/C38H52N2O3/c1-28(2)40(27-32-14-17-35(18-15-32)43-22-21-39-25-30-10-11-31(26-39)13-12-30)38-24-36(42-4)19-20-37(38)33-7-5-6-8-34(41)16-9-29(3)23-33/h8-9,14-20,24,28,30-31,33,41H,3,5-7,10-13,21-23,25-27H2,1-2,4H3/b16-9-,34-8+. The number of anilines is 1. The highest BCUT2D eigenvalue weighted by atomic mass is 16.5. The Kier molecular flexibility index (Phi) is 10.9. The van der Waals surface area contributed by atoms with E-state index >= 15 is 0 Å². The molecule has 0 amide bonds. The molecule has 232 valence electrons. The summed E-state index contributed by atoms with van der Waals surface area (Å²) in [5.74, 6) is 4.29. The van der Waals surface area contributed by atoms with Crippen molar-refractivity contribution in [1.29, 1.82) is 0 Å². The predicted molar refractivity (Wildman–Crippen MR) is 178 cm³/mol. The van der Waals surface area contributed by atoms with Crippen LogP contribution in [-0.4, -0.2) is 49.4 Å². The molecule has 2 saturated heterocycles. The van der Waals surface area contributed by atoms with Crippen LogP contribution in [0.2, 0.25) is 0 Å². The summed E-state index contributed by atoms with van der Waals surface area (Å²) in [6.45, 7) is 13.9. The van der Waals surface area contributed by atoms with E-state index in [1.54, 1.807) is 13.2 Å². The van der Waals surface area contributed by atoms with Gasteiger partial charge in [0.25, 0.3) is 0 Å². The zero-order chi connectivity index (χ0) is 30.2. The lowest BCUT2D eigenvalue weighted by atomic mass is 9.84. The van der Waals surface area contributed by atoms with Crippen molar-refractivity contribution in [3.05, 3.63) is 89.7 Å². The second kappa shape index (κ2) is 15.0. The minimum absolute atomic E-state index is 0.299. The van der Waals surface area contributed by atoms with Gasteiger partial charge in [-0.25, -0.2) is 0 Å². The van der Waals surface area contributed by atoms with Gasteiger partial charge in [0.2, 0.25) is 0 Å². The third kappa shape index (κ3) is 8.69. The maximum atomic E-state index is 10.1. The Morgan fingerprint density at radius 2 is 1.65 bits per heavy atom. The number of aliphatic hydroxyl groups excluding tert-OH is 1. The first-order valence-corrected chi connectivity index (χ1v) is 16.5. The number of ether oxygens (including phenoxy) is 2. The van der Waals surface area contributed by atoms with Crippen LogP contribution in [0.5, 0.6) is 11.5 Å². The lowest BCUT2D eigenvalue weighted by Crippen LogP contribution is -2.32. The predicted octanol–water partition coefficient (Wildman–Crippen LogP) is 8.82. The first kappa shape index (κ1) is 31.3. The molecule has 1 atom stereocenters. The summed E-state index contributed by atoms with van der Waals surface area (Å²) in [4.78, 5) is 5.13. The van der Waals surface area contributed by atoms with E-state index in [1.807, 2.05) is 12.2 Å². The maximum Gasteiger partial charge on any atom is 0.120 e. The van der Waals surface area contributed by atoms with Crippen molar-refractivity contribution in [1.82, 2.24) is 4.90 Å². The van der Waals surface area contributed by atoms with E-state index in [0.29, 0.717) is 17.7 Å². The van der Waals surface area contributed by atoms with Crippen LogP contribution in [0.3, 0.4) is 0 Å². The van der Waals surface area contributed by atoms with E-state index in [2.05, 4.69) is 72.7 Å². The number of nitrogens with zero attached hydrogens (tertiary/aromatic N) is 2. The molecule has 2 aliphatic carbocycles. The van der Waals surface area contributed by atoms with E-state index in [1.165, 1.54) is 55.6 Å². The molecule has 2 bridgehead atoms. The molecule has 43 heavy (non-hydrogen) atoms. The van der Waals surface area contributed by atoms with E-state index < -0.39 is 0 Å². The average molecular weight is 585 g/mol. The molecule has 6 rings (SSSR count). The molecule has 0 spiro atoms. The molecule has 5 heteroatoms. The zero-order valence-electron chi connectivity index (χ0n) is 26.6. The fraction of sp³-hybridized carbons (Fsp3) is 0.526. The van der Waals surface area contributed by atoms with Gasteiger partial charge in [0.15, 0.2) is 0 Å². The molecule has 1 saturated carbocycles. The highest BCUT2D eigenvalue weighted by Crippen LogP contribution is 2.39. The number of hydrogen-bond acceptors (Lipinski definition) is 5. The second-order valence-corrected chi connectivity index (χ2v) is 13.2. The van der Waals surface area contributed by atoms with Gasteiger partial charge in [-0.3, -0.25) is 4.90 Å². The molecule has 5 nitrogen and oxygen atoms in total. The van der Waals surface area contributed by atoms with Crippen molar-refractivity contribution in [2.75, 3.05) is 38.3 Å². The Morgan fingerprint density at radius 1 is 0.953 bits per heavy atom. The number of rotatable bonds is 10. The van der Waals surface area contributed by atoms with Gasteiger partial charge in [-0.05, 0) is 124 Å². The zero-order valence-corrected chi connectivity index (χ0v) is 26.6. The van der Waals surface area contributed by atoms with E-state index in [9.17, 15) is 5.11 Å². The first-order valence-electron chi connectivity index (χ1n) is 16.5. The first-order chi connectivity index (χ1) is 20.9. The van der Waals surface area contributed by atoms with Crippen LogP contribution >= 0.6 is 0 Å². The quantitative estimate of drug-likeness (QED) is 0.302. The van der Waals surface area contributed by atoms with Crippen LogP contribution in [0.15, 0.2) is 78.6 Å². The topological polar surface area (TPSA) is 45.2 Å². The smallest absolute Gasteiger partial charge is 0.120 e. The monoisotopic (exact) mass is 584 g/mol. The third-order valence-corrected chi connectivity index (χ3v) is 9.67. The molecular weight excluding hydrogens is 532 g/mol. The van der Waals surface area contributed by atoms with Gasteiger partial charge < -0.3 is 19.5 Å². The second-order valence-electron chi connectivity index (χ2n) is 13.2. The summed E-state index contributed by atoms with van der Waals surface area (Å²) in [5, 5.41) is 10.1. The van der Waals surface area contributed by atoms with Crippen molar-refractivity contribution in [2.24, 2.45) is 11.8 Å². The van der Waals surface area contributed by atoms with Gasteiger partial charge in [0.1, 0.15) is 23.9 Å². The summed E-state index contributed by atoms with van der Waals surface area (Å²) < 4.78 is 11.9. The number of allylic oxidation sites excluding steroid dienone is 4. The number of methoxy groups -OCH3 is 1. The lowest BCUT2D eigenvalue weighted by Gasteiger charge is -2.34. The van der Waals surface area contributed by atoms with Crippen LogP contribution in [0.1, 0.15) is 82.3 Å². The largest absolute Gasteiger partial charge is 0.508 e. The highest BCUT2D eigenvalue weighted by Gasteiger charge is 2.29. The van der Waals surface area contributed by atoms with E-state index in [-0.39, 0.29) is 0 Å². The minimum Gasteiger partial charge on any atom is -0.508 e. The van der Waals surface area contributed by atoms with Crippen molar-refractivity contribution >= 4 is 5.69 Å². The molecule has 2 aromatic carbocycles. The highest BCUT2D eigenvalue weighted by molar-refractivity contribution is 5.60. The van der Waals surface area contributed by atoms with Crippen molar-refractivity contribution in [3.8, 4) is 11.5 Å². The Morgan fingerprint density at radius 3 is 2.33 bits per heavy atom. The number of hydrogen-bond donors (Lipinski definition) is 1. The van der Waals surface area contributed by atoms with Gasteiger partial charge in [-0.2, -0.15) is 0 Å². The molecule has 0 aromatic heterocycles. The van der Waals surface area contributed by atoms with E-state index in [0.717, 1.165) is 74.3 Å².